The van der Waals surface area contributed by atoms with Gasteiger partial charge < -0.3 is 14.8 Å². The molecule has 0 aliphatic heterocycles. The fourth-order valence-corrected chi connectivity index (χ4v) is 2.58. The predicted molar refractivity (Wildman–Crippen MR) is 71.4 cm³/mol. The first-order valence-electron chi connectivity index (χ1n) is 6.78. The summed E-state index contributed by atoms with van der Waals surface area (Å²) in [5.74, 6) is 1.00. The average Bonchev–Trinajstić information content (AvgIpc) is 2.85. The van der Waals surface area contributed by atoms with Crippen LogP contribution in [0.25, 0.3) is 0 Å². The van der Waals surface area contributed by atoms with Gasteiger partial charge in [0.2, 0.25) is 0 Å². The maximum absolute atomic E-state index is 9.49. The Kier molecular flexibility index (Phi) is 4.80. The molecule has 1 saturated carbocycles. The van der Waals surface area contributed by atoms with Gasteiger partial charge in [-0.15, -0.1) is 0 Å². The SMILES string of the molecule is CN(C)C(CNC1CCC(O)CC1)c1ccco1. The van der Waals surface area contributed by atoms with E-state index in [2.05, 4.69) is 24.3 Å². The Morgan fingerprint density at radius 2 is 2.11 bits per heavy atom. The summed E-state index contributed by atoms with van der Waals surface area (Å²) in [5, 5.41) is 13.1. The van der Waals surface area contributed by atoms with Crippen LogP contribution in [0, 0.1) is 0 Å². The number of rotatable bonds is 5. The van der Waals surface area contributed by atoms with E-state index in [0.29, 0.717) is 6.04 Å². The lowest BCUT2D eigenvalue weighted by Crippen LogP contribution is -2.39. The Hall–Kier alpha value is -0.840. The van der Waals surface area contributed by atoms with Gasteiger partial charge in [0.25, 0.3) is 0 Å². The standard InChI is InChI=1S/C14H24N2O2/c1-16(2)13(14-4-3-9-18-14)10-15-11-5-7-12(17)8-6-11/h3-4,9,11-13,15,17H,5-8,10H2,1-2H3. The zero-order chi connectivity index (χ0) is 13.0. The summed E-state index contributed by atoms with van der Waals surface area (Å²) in [6, 6.07) is 4.76. The van der Waals surface area contributed by atoms with E-state index in [0.717, 1.165) is 38.0 Å². The molecule has 1 fully saturated rings. The minimum atomic E-state index is -0.0854. The van der Waals surface area contributed by atoms with E-state index in [1.54, 1.807) is 6.26 Å². The smallest absolute Gasteiger partial charge is 0.122 e. The largest absolute Gasteiger partial charge is 0.468 e. The third-order valence-corrected chi connectivity index (χ3v) is 3.79. The van der Waals surface area contributed by atoms with E-state index in [1.165, 1.54) is 0 Å². The third-order valence-electron chi connectivity index (χ3n) is 3.79. The van der Waals surface area contributed by atoms with E-state index >= 15 is 0 Å². The van der Waals surface area contributed by atoms with Crippen LogP contribution in [0.4, 0.5) is 0 Å². The van der Waals surface area contributed by atoms with E-state index in [-0.39, 0.29) is 12.1 Å². The molecule has 1 heterocycles. The van der Waals surface area contributed by atoms with Crippen LogP contribution in [0.15, 0.2) is 22.8 Å². The zero-order valence-electron chi connectivity index (χ0n) is 11.3. The molecule has 2 N–H and O–H groups in total. The Balaban J connectivity index is 1.83. The predicted octanol–water partition coefficient (Wildman–Crippen LogP) is 1.78. The second-order valence-corrected chi connectivity index (χ2v) is 5.41. The normalized spacial score (nSPS) is 26.4. The molecule has 2 rings (SSSR count). The third kappa shape index (κ3) is 3.57. The Morgan fingerprint density at radius 3 is 2.67 bits per heavy atom. The van der Waals surface area contributed by atoms with Crippen LogP contribution >= 0.6 is 0 Å². The molecule has 0 aromatic carbocycles. The van der Waals surface area contributed by atoms with Gasteiger partial charge in [-0.2, -0.15) is 0 Å². The molecule has 1 aromatic rings. The molecular weight excluding hydrogens is 228 g/mol. The van der Waals surface area contributed by atoms with Crippen LogP contribution in [0.2, 0.25) is 0 Å². The fraction of sp³-hybridized carbons (Fsp3) is 0.714. The van der Waals surface area contributed by atoms with E-state index < -0.39 is 0 Å². The van der Waals surface area contributed by atoms with Crippen LogP contribution in [-0.4, -0.2) is 42.8 Å². The molecule has 4 nitrogen and oxygen atoms in total. The molecule has 1 atom stereocenters. The summed E-state index contributed by atoms with van der Waals surface area (Å²) >= 11 is 0. The lowest BCUT2D eigenvalue weighted by atomic mass is 9.93. The quantitative estimate of drug-likeness (QED) is 0.838. The van der Waals surface area contributed by atoms with Gasteiger partial charge in [0.1, 0.15) is 5.76 Å². The number of nitrogens with zero attached hydrogens (tertiary/aromatic N) is 1. The highest BCUT2D eigenvalue weighted by molar-refractivity contribution is 5.05. The molecule has 0 amide bonds. The Morgan fingerprint density at radius 1 is 1.39 bits per heavy atom. The van der Waals surface area contributed by atoms with Crippen molar-refractivity contribution >= 4 is 0 Å². The highest BCUT2D eigenvalue weighted by atomic mass is 16.3. The fourth-order valence-electron chi connectivity index (χ4n) is 2.58. The average molecular weight is 252 g/mol. The molecule has 1 aliphatic carbocycles. The highest BCUT2D eigenvalue weighted by Gasteiger charge is 2.22. The molecule has 4 heteroatoms. The van der Waals surface area contributed by atoms with Crippen molar-refractivity contribution in [1.29, 1.82) is 0 Å². The van der Waals surface area contributed by atoms with Gasteiger partial charge in [0.05, 0.1) is 18.4 Å². The molecule has 0 spiro atoms. The summed E-state index contributed by atoms with van der Waals surface area (Å²) in [6.07, 6.45) is 5.62. The number of nitrogens with one attached hydrogen (secondary N) is 1. The minimum Gasteiger partial charge on any atom is -0.468 e. The first kappa shape index (κ1) is 13.6. The monoisotopic (exact) mass is 252 g/mol. The van der Waals surface area contributed by atoms with Gasteiger partial charge in [-0.1, -0.05) is 0 Å². The van der Waals surface area contributed by atoms with Crippen molar-refractivity contribution in [3.05, 3.63) is 24.2 Å². The maximum atomic E-state index is 9.49. The lowest BCUT2D eigenvalue weighted by Gasteiger charge is -2.29. The van der Waals surface area contributed by atoms with E-state index in [1.807, 2.05) is 12.1 Å². The molecule has 102 valence electrons. The number of furan rings is 1. The van der Waals surface area contributed by atoms with Crippen LogP contribution in [-0.2, 0) is 0 Å². The van der Waals surface area contributed by atoms with E-state index in [4.69, 9.17) is 4.42 Å². The summed E-state index contributed by atoms with van der Waals surface area (Å²) in [5.41, 5.74) is 0. The molecule has 0 saturated heterocycles. The van der Waals surface area contributed by atoms with Gasteiger partial charge in [-0.3, -0.25) is 4.90 Å². The van der Waals surface area contributed by atoms with Crippen molar-refractivity contribution in [2.24, 2.45) is 0 Å². The zero-order valence-corrected chi connectivity index (χ0v) is 11.3. The van der Waals surface area contributed by atoms with Gasteiger partial charge in [0.15, 0.2) is 0 Å². The molecule has 0 bridgehead atoms. The van der Waals surface area contributed by atoms with Crippen molar-refractivity contribution in [2.45, 2.75) is 43.9 Å². The van der Waals surface area contributed by atoms with Crippen molar-refractivity contribution in [2.75, 3.05) is 20.6 Å². The number of hydrogen-bond donors (Lipinski definition) is 2. The van der Waals surface area contributed by atoms with Crippen molar-refractivity contribution in [3.63, 3.8) is 0 Å². The van der Waals surface area contributed by atoms with Crippen molar-refractivity contribution < 1.29 is 9.52 Å². The second-order valence-electron chi connectivity index (χ2n) is 5.41. The first-order chi connectivity index (χ1) is 8.66. The highest BCUT2D eigenvalue weighted by Crippen LogP contribution is 2.21. The van der Waals surface area contributed by atoms with Crippen molar-refractivity contribution in [3.8, 4) is 0 Å². The molecule has 1 unspecified atom stereocenters. The van der Waals surface area contributed by atoms with Crippen LogP contribution in [0.1, 0.15) is 37.5 Å². The number of aliphatic hydroxyl groups is 1. The van der Waals surface area contributed by atoms with E-state index in [9.17, 15) is 5.11 Å². The minimum absolute atomic E-state index is 0.0854. The first-order valence-corrected chi connectivity index (χ1v) is 6.78. The maximum Gasteiger partial charge on any atom is 0.122 e. The van der Waals surface area contributed by atoms with Gasteiger partial charge >= 0.3 is 0 Å². The molecule has 0 radical (unpaired) electrons. The van der Waals surface area contributed by atoms with Gasteiger partial charge in [0, 0.05) is 12.6 Å². The van der Waals surface area contributed by atoms with Gasteiger partial charge in [-0.05, 0) is 51.9 Å². The lowest BCUT2D eigenvalue weighted by molar-refractivity contribution is 0.114. The summed E-state index contributed by atoms with van der Waals surface area (Å²) in [7, 11) is 4.14. The number of aliphatic hydroxyl groups excluding tert-OH is 1. The second kappa shape index (κ2) is 6.36. The molecule has 18 heavy (non-hydrogen) atoms. The topological polar surface area (TPSA) is 48.6 Å². The van der Waals surface area contributed by atoms with Crippen LogP contribution in [0.5, 0.6) is 0 Å². The molecule has 1 aromatic heterocycles. The summed E-state index contributed by atoms with van der Waals surface area (Å²) in [6.45, 7) is 0.890. The number of hydrogen-bond acceptors (Lipinski definition) is 4. The molecule has 1 aliphatic rings. The Labute approximate surface area is 109 Å². The van der Waals surface area contributed by atoms with Crippen LogP contribution < -0.4 is 5.32 Å². The van der Waals surface area contributed by atoms with Crippen molar-refractivity contribution in [1.82, 2.24) is 10.2 Å². The number of likely N-dealkylation sites (N-methyl/N-ethyl adjacent to an activating group) is 1. The van der Waals surface area contributed by atoms with Gasteiger partial charge in [-0.25, -0.2) is 0 Å². The summed E-state index contributed by atoms with van der Waals surface area (Å²) in [4.78, 5) is 2.17. The van der Waals surface area contributed by atoms with Crippen LogP contribution in [0.3, 0.4) is 0 Å². The Bertz CT molecular complexity index is 330. The molecular formula is C14H24N2O2. The summed E-state index contributed by atoms with van der Waals surface area (Å²) < 4.78 is 5.49.